The molecule has 0 aliphatic carbocycles. The van der Waals surface area contributed by atoms with E-state index in [0.717, 1.165) is 11.3 Å². The molecular weight excluding hydrogens is 204 g/mol. The van der Waals surface area contributed by atoms with E-state index in [1.54, 1.807) is 0 Å². The van der Waals surface area contributed by atoms with Crippen LogP contribution in [0.15, 0.2) is 41.5 Å². The first-order chi connectivity index (χ1) is 7.79. The normalized spacial score (nSPS) is 10.1. The van der Waals surface area contributed by atoms with Gasteiger partial charge in [0.2, 0.25) is 0 Å². The summed E-state index contributed by atoms with van der Waals surface area (Å²) in [4.78, 5) is 17.9. The second kappa shape index (κ2) is 4.59. The largest absolute Gasteiger partial charge is 0.336 e. The molecule has 0 aliphatic heterocycles. The van der Waals surface area contributed by atoms with E-state index in [2.05, 4.69) is 15.3 Å². The van der Waals surface area contributed by atoms with Crippen LogP contribution < -0.4 is 16.6 Å². The van der Waals surface area contributed by atoms with Crippen molar-refractivity contribution >= 4 is 11.5 Å². The molecule has 4 N–H and O–H groups in total. The number of anilines is 2. The van der Waals surface area contributed by atoms with Gasteiger partial charge in [0, 0.05) is 24.6 Å². The molecule has 0 amide bonds. The summed E-state index contributed by atoms with van der Waals surface area (Å²) in [6.07, 6.45) is 3.01. The lowest BCUT2D eigenvalue weighted by Crippen LogP contribution is -2.12. The summed E-state index contributed by atoms with van der Waals surface area (Å²) in [7, 11) is 0. The fraction of sp³-hybridized carbons (Fsp3) is 0.0909. The standard InChI is InChI=1S/C11H12N4O/c12-7-8-2-1-3-9(6-8)15-10-11(16)14-5-4-13-10/h1-6H,7,12H2,(H,13,15)(H,14,16). The van der Waals surface area contributed by atoms with E-state index in [1.807, 2.05) is 24.3 Å². The van der Waals surface area contributed by atoms with Crippen molar-refractivity contribution in [3.05, 3.63) is 52.6 Å². The average Bonchev–Trinajstić information content (AvgIpc) is 2.32. The van der Waals surface area contributed by atoms with Crippen molar-refractivity contribution in [1.82, 2.24) is 9.97 Å². The summed E-state index contributed by atoms with van der Waals surface area (Å²) in [6, 6.07) is 7.54. The van der Waals surface area contributed by atoms with Crippen molar-refractivity contribution in [2.45, 2.75) is 6.54 Å². The molecule has 1 heterocycles. The summed E-state index contributed by atoms with van der Waals surface area (Å²) in [6.45, 7) is 0.466. The monoisotopic (exact) mass is 216 g/mol. The number of H-pyrrole nitrogens is 1. The molecule has 0 saturated heterocycles. The molecule has 0 atom stereocenters. The maximum Gasteiger partial charge on any atom is 0.291 e. The Morgan fingerprint density at radius 3 is 3.06 bits per heavy atom. The van der Waals surface area contributed by atoms with Crippen LogP contribution in [-0.2, 0) is 6.54 Å². The first-order valence-electron chi connectivity index (χ1n) is 4.89. The van der Waals surface area contributed by atoms with Crippen molar-refractivity contribution in [1.29, 1.82) is 0 Å². The summed E-state index contributed by atoms with van der Waals surface area (Å²) >= 11 is 0. The van der Waals surface area contributed by atoms with Crippen LogP contribution in [0.5, 0.6) is 0 Å². The fourth-order valence-corrected chi connectivity index (χ4v) is 1.35. The molecule has 0 spiro atoms. The number of aromatic amines is 1. The molecule has 2 aromatic rings. The Morgan fingerprint density at radius 1 is 1.44 bits per heavy atom. The van der Waals surface area contributed by atoms with Gasteiger partial charge in [-0.05, 0) is 17.7 Å². The van der Waals surface area contributed by atoms with Gasteiger partial charge >= 0.3 is 0 Å². The van der Waals surface area contributed by atoms with Crippen LogP contribution in [0.3, 0.4) is 0 Å². The molecule has 2 rings (SSSR count). The van der Waals surface area contributed by atoms with Gasteiger partial charge in [-0.2, -0.15) is 0 Å². The van der Waals surface area contributed by atoms with E-state index >= 15 is 0 Å². The Kier molecular flexibility index (Phi) is 2.98. The highest BCUT2D eigenvalue weighted by atomic mass is 16.1. The van der Waals surface area contributed by atoms with Crippen molar-refractivity contribution in [3.8, 4) is 0 Å². The average molecular weight is 216 g/mol. The molecule has 1 aromatic carbocycles. The number of aromatic nitrogens is 2. The number of nitrogens with zero attached hydrogens (tertiary/aromatic N) is 1. The summed E-state index contributed by atoms with van der Waals surface area (Å²) in [5, 5.41) is 2.94. The molecule has 82 valence electrons. The van der Waals surface area contributed by atoms with Crippen LogP contribution in [0.1, 0.15) is 5.56 Å². The van der Waals surface area contributed by atoms with E-state index in [0.29, 0.717) is 6.54 Å². The van der Waals surface area contributed by atoms with Crippen LogP contribution >= 0.6 is 0 Å². The Labute approximate surface area is 92.3 Å². The van der Waals surface area contributed by atoms with Gasteiger partial charge in [0.1, 0.15) is 0 Å². The second-order valence-electron chi connectivity index (χ2n) is 3.30. The van der Waals surface area contributed by atoms with Gasteiger partial charge < -0.3 is 16.0 Å². The van der Waals surface area contributed by atoms with Crippen LogP contribution in [-0.4, -0.2) is 9.97 Å². The number of rotatable bonds is 3. The third kappa shape index (κ3) is 2.26. The molecule has 0 fully saturated rings. The highest BCUT2D eigenvalue weighted by molar-refractivity contribution is 5.55. The first-order valence-corrected chi connectivity index (χ1v) is 4.89. The smallest absolute Gasteiger partial charge is 0.291 e. The van der Waals surface area contributed by atoms with Gasteiger partial charge in [0.05, 0.1) is 0 Å². The number of benzene rings is 1. The van der Waals surface area contributed by atoms with Gasteiger partial charge in [0.25, 0.3) is 5.56 Å². The minimum Gasteiger partial charge on any atom is -0.336 e. The topological polar surface area (TPSA) is 83.8 Å². The van der Waals surface area contributed by atoms with Gasteiger partial charge in [-0.25, -0.2) is 4.98 Å². The number of nitrogens with one attached hydrogen (secondary N) is 2. The predicted octanol–water partition coefficient (Wildman–Crippen LogP) is 0.972. The quantitative estimate of drug-likeness (QED) is 0.713. The van der Waals surface area contributed by atoms with Crippen LogP contribution in [0.2, 0.25) is 0 Å². The van der Waals surface area contributed by atoms with Crippen molar-refractivity contribution in [2.75, 3.05) is 5.32 Å². The zero-order chi connectivity index (χ0) is 11.4. The third-order valence-corrected chi connectivity index (χ3v) is 2.13. The molecule has 0 unspecified atom stereocenters. The van der Waals surface area contributed by atoms with Crippen LogP contribution in [0.25, 0.3) is 0 Å². The number of nitrogens with two attached hydrogens (primary N) is 1. The minimum absolute atomic E-state index is 0.249. The second-order valence-corrected chi connectivity index (χ2v) is 3.30. The van der Waals surface area contributed by atoms with Gasteiger partial charge in [-0.1, -0.05) is 12.1 Å². The Bertz CT molecular complexity index is 535. The molecule has 1 aromatic heterocycles. The molecular formula is C11H12N4O. The number of hydrogen-bond donors (Lipinski definition) is 3. The minimum atomic E-state index is -0.249. The molecule has 0 saturated carbocycles. The Morgan fingerprint density at radius 2 is 2.31 bits per heavy atom. The SMILES string of the molecule is NCc1cccc(Nc2ncc[nH]c2=O)c1. The van der Waals surface area contributed by atoms with Gasteiger partial charge in [-0.3, -0.25) is 4.79 Å². The van der Waals surface area contributed by atoms with Crippen molar-refractivity contribution in [2.24, 2.45) is 5.73 Å². The lowest BCUT2D eigenvalue weighted by Gasteiger charge is -2.05. The molecule has 0 aliphatic rings. The summed E-state index contributed by atoms with van der Waals surface area (Å²) in [5.74, 6) is 0.275. The van der Waals surface area contributed by atoms with E-state index < -0.39 is 0 Å². The maximum atomic E-state index is 11.4. The van der Waals surface area contributed by atoms with E-state index in [4.69, 9.17) is 5.73 Å². The van der Waals surface area contributed by atoms with E-state index in [1.165, 1.54) is 12.4 Å². The predicted molar refractivity (Wildman–Crippen MR) is 62.5 cm³/mol. The third-order valence-electron chi connectivity index (χ3n) is 2.13. The highest BCUT2D eigenvalue weighted by Gasteiger charge is 2.00. The summed E-state index contributed by atoms with van der Waals surface area (Å²) < 4.78 is 0. The van der Waals surface area contributed by atoms with Crippen molar-refractivity contribution in [3.63, 3.8) is 0 Å². The van der Waals surface area contributed by atoms with E-state index in [-0.39, 0.29) is 11.4 Å². The van der Waals surface area contributed by atoms with Crippen molar-refractivity contribution < 1.29 is 0 Å². The Balaban J connectivity index is 2.27. The van der Waals surface area contributed by atoms with Crippen LogP contribution in [0, 0.1) is 0 Å². The fourth-order valence-electron chi connectivity index (χ4n) is 1.35. The molecule has 5 heteroatoms. The lowest BCUT2D eigenvalue weighted by atomic mass is 10.2. The van der Waals surface area contributed by atoms with Crippen LogP contribution in [0.4, 0.5) is 11.5 Å². The molecule has 0 radical (unpaired) electrons. The zero-order valence-electron chi connectivity index (χ0n) is 8.60. The number of hydrogen-bond acceptors (Lipinski definition) is 4. The molecule has 16 heavy (non-hydrogen) atoms. The highest BCUT2D eigenvalue weighted by Crippen LogP contribution is 2.12. The Hall–Kier alpha value is -2.14. The zero-order valence-corrected chi connectivity index (χ0v) is 8.60. The first kappa shape index (κ1) is 10.4. The van der Waals surface area contributed by atoms with E-state index in [9.17, 15) is 4.79 Å². The van der Waals surface area contributed by atoms with Gasteiger partial charge in [0.15, 0.2) is 5.82 Å². The maximum absolute atomic E-state index is 11.4. The molecule has 5 nitrogen and oxygen atoms in total. The molecule has 0 bridgehead atoms. The summed E-state index contributed by atoms with van der Waals surface area (Å²) in [5.41, 5.74) is 7.08. The lowest BCUT2D eigenvalue weighted by molar-refractivity contribution is 1.07. The van der Waals surface area contributed by atoms with Gasteiger partial charge in [-0.15, -0.1) is 0 Å².